The van der Waals surface area contributed by atoms with Crippen molar-refractivity contribution in [3.8, 4) is 0 Å². The van der Waals surface area contributed by atoms with Crippen molar-refractivity contribution in [3.05, 3.63) is 34.9 Å². The van der Waals surface area contributed by atoms with Crippen LogP contribution in [0, 0.1) is 0 Å². The summed E-state index contributed by atoms with van der Waals surface area (Å²) in [5.41, 5.74) is 5.01. The highest BCUT2D eigenvalue weighted by Gasteiger charge is 2.17. The van der Waals surface area contributed by atoms with Crippen LogP contribution in [-0.4, -0.2) is 60.4 Å². The number of halogens is 1. The number of benzene rings is 1. The number of morpholine rings is 1. The number of nitrogens with zero attached hydrogens (tertiary/aromatic N) is 1. The number of hydrogen-bond donors (Lipinski definition) is 2. The number of hydrogen-bond acceptors (Lipinski definition) is 5. The fraction of sp³-hybridized carbons (Fsp3) is 0.400. The first-order valence-electron chi connectivity index (χ1n) is 7.34. The van der Waals surface area contributed by atoms with Gasteiger partial charge >= 0.3 is 0 Å². The molecule has 0 spiro atoms. The Bertz CT molecular complexity index is 591. The molecule has 1 aromatic carbocycles. The summed E-state index contributed by atoms with van der Waals surface area (Å²) in [4.78, 5) is 37.1. The molecule has 0 aromatic heterocycles. The van der Waals surface area contributed by atoms with Crippen molar-refractivity contribution < 1.29 is 19.1 Å². The highest BCUT2D eigenvalue weighted by molar-refractivity contribution is 8.00. The van der Waals surface area contributed by atoms with E-state index >= 15 is 0 Å². The summed E-state index contributed by atoms with van der Waals surface area (Å²) in [6.45, 7) is 2.27. The van der Waals surface area contributed by atoms with Crippen LogP contribution in [0.1, 0.15) is 10.4 Å². The number of carbonyl (C=O) groups excluding carboxylic acids is 3. The monoisotopic (exact) mass is 371 g/mol. The van der Waals surface area contributed by atoms with Crippen LogP contribution in [0.2, 0.25) is 5.02 Å². The lowest BCUT2D eigenvalue weighted by molar-refractivity contribution is -0.132. The number of nitrogens with one attached hydrogen (secondary N) is 2. The molecule has 1 aliphatic rings. The minimum absolute atomic E-state index is 0.0127. The normalized spacial score (nSPS) is 14.1. The second kappa shape index (κ2) is 9.51. The van der Waals surface area contributed by atoms with Gasteiger partial charge in [-0.25, -0.2) is 0 Å². The van der Waals surface area contributed by atoms with E-state index in [4.69, 9.17) is 16.3 Å². The Morgan fingerprint density at radius 1 is 1.08 bits per heavy atom. The topological polar surface area (TPSA) is 87.7 Å². The molecule has 0 radical (unpaired) electrons. The van der Waals surface area contributed by atoms with Crippen LogP contribution >= 0.6 is 23.4 Å². The van der Waals surface area contributed by atoms with Crippen molar-refractivity contribution in [1.82, 2.24) is 15.8 Å². The zero-order chi connectivity index (χ0) is 17.4. The molecule has 0 aliphatic carbocycles. The maximum absolute atomic E-state index is 11.9. The summed E-state index contributed by atoms with van der Waals surface area (Å²) in [5, 5.41) is 0.525. The SMILES string of the molecule is O=C(CSCC(=O)N1CCOCC1)NNC(=O)c1ccc(Cl)cc1. The molecule has 2 N–H and O–H groups in total. The average molecular weight is 372 g/mol. The number of rotatable bonds is 5. The summed E-state index contributed by atoms with van der Waals surface area (Å²) >= 11 is 6.94. The Kier molecular flexibility index (Phi) is 7.36. The summed E-state index contributed by atoms with van der Waals surface area (Å²) in [5.74, 6) is -0.525. The Labute approximate surface area is 149 Å². The van der Waals surface area contributed by atoms with E-state index in [2.05, 4.69) is 10.9 Å². The quantitative estimate of drug-likeness (QED) is 0.744. The van der Waals surface area contributed by atoms with Crippen molar-refractivity contribution in [2.75, 3.05) is 37.8 Å². The molecule has 1 heterocycles. The summed E-state index contributed by atoms with van der Waals surface area (Å²) in [6.07, 6.45) is 0. The number of amides is 3. The van der Waals surface area contributed by atoms with Crippen LogP contribution in [0.25, 0.3) is 0 Å². The largest absolute Gasteiger partial charge is 0.378 e. The van der Waals surface area contributed by atoms with Gasteiger partial charge in [0.15, 0.2) is 0 Å². The van der Waals surface area contributed by atoms with E-state index in [9.17, 15) is 14.4 Å². The Balaban J connectivity index is 1.63. The van der Waals surface area contributed by atoms with Gasteiger partial charge in [-0.05, 0) is 24.3 Å². The van der Waals surface area contributed by atoms with E-state index in [0.717, 1.165) is 0 Å². The maximum atomic E-state index is 11.9. The molecule has 24 heavy (non-hydrogen) atoms. The van der Waals surface area contributed by atoms with E-state index < -0.39 is 5.91 Å². The van der Waals surface area contributed by atoms with Crippen LogP contribution < -0.4 is 10.9 Å². The second-order valence-electron chi connectivity index (χ2n) is 5.00. The lowest BCUT2D eigenvalue weighted by Gasteiger charge is -2.26. The van der Waals surface area contributed by atoms with E-state index in [1.54, 1.807) is 29.2 Å². The van der Waals surface area contributed by atoms with Crippen LogP contribution in [0.15, 0.2) is 24.3 Å². The van der Waals surface area contributed by atoms with E-state index in [1.165, 1.54) is 11.8 Å². The molecular formula is C15H18ClN3O4S. The van der Waals surface area contributed by atoms with Crippen molar-refractivity contribution in [2.24, 2.45) is 0 Å². The van der Waals surface area contributed by atoms with Crippen molar-refractivity contribution >= 4 is 41.1 Å². The highest BCUT2D eigenvalue weighted by Crippen LogP contribution is 2.09. The number of carbonyl (C=O) groups is 3. The molecule has 0 unspecified atom stereocenters. The minimum atomic E-state index is -0.436. The predicted octanol–water partition coefficient (Wildman–Crippen LogP) is 0.693. The third-order valence-electron chi connectivity index (χ3n) is 3.24. The van der Waals surface area contributed by atoms with Crippen molar-refractivity contribution in [3.63, 3.8) is 0 Å². The smallest absolute Gasteiger partial charge is 0.269 e. The molecule has 1 saturated heterocycles. The van der Waals surface area contributed by atoms with Gasteiger partial charge in [0.25, 0.3) is 5.91 Å². The van der Waals surface area contributed by atoms with Gasteiger partial charge in [0.2, 0.25) is 11.8 Å². The molecule has 3 amide bonds. The molecule has 7 nitrogen and oxygen atoms in total. The first kappa shape index (κ1) is 18.6. The van der Waals surface area contributed by atoms with Crippen molar-refractivity contribution in [2.45, 2.75) is 0 Å². The molecule has 0 bridgehead atoms. The Morgan fingerprint density at radius 3 is 2.42 bits per heavy atom. The fourth-order valence-electron chi connectivity index (χ4n) is 1.97. The Hall–Kier alpha value is -1.77. The third-order valence-corrected chi connectivity index (χ3v) is 4.41. The predicted molar refractivity (Wildman–Crippen MR) is 91.8 cm³/mol. The Morgan fingerprint density at radius 2 is 1.75 bits per heavy atom. The second-order valence-corrected chi connectivity index (χ2v) is 6.42. The molecule has 2 rings (SSSR count). The maximum Gasteiger partial charge on any atom is 0.269 e. The molecule has 1 aromatic rings. The first-order valence-corrected chi connectivity index (χ1v) is 8.87. The zero-order valence-corrected chi connectivity index (χ0v) is 14.5. The third kappa shape index (κ3) is 6.03. The van der Waals surface area contributed by atoms with Gasteiger partial charge in [-0.1, -0.05) is 11.6 Å². The molecule has 0 saturated carbocycles. The van der Waals surface area contributed by atoms with Gasteiger partial charge < -0.3 is 9.64 Å². The highest BCUT2D eigenvalue weighted by atomic mass is 35.5. The van der Waals surface area contributed by atoms with Gasteiger partial charge in [-0.3, -0.25) is 25.2 Å². The van der Waals surface area contributed by atoms with Crippen LogP contribution in [0.3, 0.4) is 0 Å². The molecular weight excluding hydrogens is 354 g/mol. The molecule has 0 atom stereocenters. The molecule has 130 valence electrons. The molecule has 9 heteroatoms. The molecule has 1 fully saturated rings. The zero-order valence-electron chi connectivity index (χ0n) is 12.9. The fourth-order valence-corrected chi connectivity index (χ4v) is 2.81. The standard InChI is InChI=1S/C15H18ClN3O4S/c16-12-3-1-11(2-4-12)15(22)18-17-13(20)9-24-10-14(21)19-5-7-23-8-6-19/h1-4H,5-10H2,(H,17,20)(H,18,22). The van der Waals surface area contributed by atoms with Gasteiger partial charge in [0.1, 0.15) is 0 Å². The van der Waals surface area contributed by atoms with E-state index in [-0.39, 0.29) is 23.3 Å². The minimum Gasteiger partial charge on any atom is -0.378 e. The summed E-state index contributed by atoms with van der Waals surface area (Å²) in [6, 6.07) is 6.29. The van der Waals surface area contributed by atoms with E-state index in [0.29, 0.717) is 36.9 Å². The molecule has 1 aliphatic heterocycles. The summed E-state index contributed by atoms with van der Waals surface area (Å²) in [7, 11) is 0. The summed E-state index contributed by atoms with van der Waals surface area (Å²) < 4.78 is 5.18. The van der Waals surface area contributed by atoms with Crippen LogP contribution in [0.4, 0.5) is 0 Å². The van der Waals surface area contributed by atoms with Gasteiger partial charge in [-0.2, -0.15) is 0 Å². The number of ether oxygens (including phenoxy) is 1. The average Bonchev–Trinajstić information content (AvgIpc) is 2.61. The van der Waals surface area contributed by atoms with Crippen molar-refractivity contribution in [1.29, 1.82) is 0 Å². The van der Waals surface area contributed by atoms with E-state index in [1.807, 2.05) is 0 Å². The van der Waals surface area contributed by atoms with Gasteiger partial charge in [-0.15, -0.1) is 11.8 Å². The lowest BCUT2D eigenvalue weighted by atomic mass is 10.2. The van der Waals surface area contributed by atoms with Gasteiger partial charge in [0.05, 0.1) is 24.7 Å². The van der Waals surface area contributed by atoms with Crippen LogP contribution in [0.5, 0.6) is 0 Å². The van der Waals surface area contributed by atoms with Gasteiger partial charge in [0, 0.05) is 23.7 Å². The number of thioether (sulfide) groups is 1. The number of hydrazine groups is 1. The van der Waals surface area contributed by atoms with Crippen LogP contribution in [-0.2, 0) is 14.3 Å². The first-order chi connectivity index (χ1) is 11.6. The lowest BCUT2D eigenvalue weighted by Crippen LogP contribution is -2.43.